The van der Waals surface area contributed by atoms with Gasteiger partial charge in [-0.2, -0.15) is 0 Å². The molecule has 0 aliphatic carbocycles. The minimum atomic E-state index is -0.501. The molecule has 0 heterocycles. The largest absolute Gasteiger partial charge is 0.508 e. The summed E-state index contributed by atoms with van der Waals surface area (Å²) < 4.78 is 0. The van der Waals surface area contributed by atoms with Crippen molar-refractivity contribution >= 4 is 5.78 Å². The first-order chi connectivity index (χ1) is 9.00. The number of carbonyl (C=O) groups excluding carboxylic acids is 1. The van der Waals surface area contributed by atoms with Crippen LogP contribution in [-0.4, -0.2) is 10.9 Å². The third kappa shape index (κ3) is 3.02. The van der Waals surface area contributed by atoms with Gasteiger partial charge in [0.15, 0.2) is 0 Å². The van der Waals surface area contributed by atoms with Crippen molar-refractivity contribution < 1.29 is 9.90 Å². The molecule has 2 rings (SSSR count). The Hall–Kier alpha value is -2.09. The number of ketones is 1. The fourth-order valence-electron chi connectivity index (χ4n) is 2.04. The Labute approximate surface area is 113 Å². The van der Waals surface area contributed by atoms with Gasteiger partial charge in [0.25, 0.3) is 0 Å². The van der Waals surface area contributed by atoms with E-state index in [1.54, 1.807) is 24.3 Å². The van der Waals surface area contributed by atoms with Gasteiger partial charge in [-0.3, -0.25) is 4.79 Å². The molecule has 0 aliphatic rings. The molecule has 0 bridgehead atoms. The van der Waals surface area contributed by atoms with Gasteiger partial charge in [-0.1, -0.05) is 42.5 Å². The highest BCUT2D eigenvalue weighted by Gasteiger charge is 2.28. The number of phenolic OH excluding ortho intramolecular Hbond substituents is 1. The SMILES string of the molecule is CC(C)(C(=O)Cc1ccc(O)cc1)c1ccccc1. The van der Waals surface area contributed by atoms with Crippen LogP contribution < -0.4 is 0 Å². The molecule has 0 saturated heterocycles. The number of Topliss-reactive ketones (excluding diaryl/α,β-unsaturated/α-hetero) is 1. The number of benzene rings is 2. The Bertz CT molecular complexity index is 554. The van der Waals surface area contributed by atoms with E-state index in [1.807, 2.05) is 44.2 Å². The maximum atomic E-state index is 12.5. The van der Waals surface area contributed by atoms with E-state index in [0.717, 1.165) is 11.1 Å². The van der Waals surface area contributed by atoms with Crippen molar-refractivity contribution in [3.8, 4) is 5.75 Å². The molecule has 0 unspecified atom stereocenters. The number of aromatic hydroxyl groups is 1. The van der Waals surface area contributed by atoms with Crippen LogP contribution in [-0.2, 0) is 16.6 Å². The molecular weight excluding hydrogens is 236 g/mol. The highest BCUT2D eigenvalue weighted by Crippen LogP contribution is 2.25. The van der Waals surface area contributed by atoms with Crippen molar-refractivity contribution in [2.45, 2.75) is 25.7 Å². The third-order valence-electron chi connectivity index (χ3n) is 3.49. The summed E-state index contributed by atoms with van der Waals surface area (Å²) in [4.78, 5) is 12.5. The molecule has 0 radical (unpaired) electrons. The number of phenols is 1. The standard InChI is InChI=1S/C17H18O2/c1-17(2,14-6-4-3-5-7-14)16(19)12-13-8-10-15(18)11-9-13/h3-11,18H,12H2,1-2H3. The zero-order chi connectivity index (χ0) is 13.9. The Kier molecular flexibility index (Phi) is 3.70. The summed E-state index contributed by atoms with van der Waals surface area (Å²) in [5, 5.41) is 9.24. The minimum absolute atomic E-state index is 0.171. The van der Waals surface area contributed by atoms with Crippen LogP contribution in [0.25, 0.3) is 0 Å². The number of hydrogen-bond donors (Lipinski definition) is 1. The van der Waals surface area contributed by atoms with Gasteiger partial charge in [0.2, 0.25) is 0 Å². The molecule has 2 heteroatoms. The lowest BCUT2D eigenvalue weighted by atomic mass is 9.78. The molecule has 2 aromatic rings. The van der Waals surface area contributed by atoms with Crippen LogP contribution in [0.5, 0.6) is 5.75 Å². The summed E-state index contributed by atoms with van der Waals surface area (Å²) >= 11 is 0. The van der Waals surface area contributed by atoms with Gasteiger partial charge < -0.3 is 5.11 Å². The lowest BCUT2D eigenvalue weighted by Crippen LogP contribution is -2.30. The van der Waals surface area contributed by atoms with E-state index in [0.29, 0.717) is 6.42 Å². The summed E-state index contributed by atoms with van der Waals surface area (Å²) in [6.45, 7) is 3.90. The van der Waals surface area contributed by atoms with Crippen LogP contribution in [0.3, 0.4) is 0 Å². The molecule has 0 saturated carbocycles. The van der Waals surface area contributed by atoms with Crippen LogP contribution in [0.1, 0.15) is 25.0 Å². The number of rotatable bonds is 4. The van der Waals surface area contributed by atoms with Crippen LogP contribution in [0.4, 0.5) is 0 Å². The average Bonchev–Trinajstić information content (AvgIpc) is 2.42. The van der Waals surface area contributed by atoms with Gasteiger partial charge >= 0.3 is 0 Å². The smallest absolute Gasteiger partial charge is 0.147 e. The lowest BCUT2D eigenvalue weighted by molar-refractivity contribution is -0.122. The Balaban J connectivity index is 2.17. The van der Waals surface area contributed by atoms with Gasteiger partial charge in [-0.25, -0.2) is 0 Å². The van der Waals surface area contributed by atoms with E-state index in [2.05, 4.69) is 0 Å². The highest BCUT2D eigenvalue weighted by atomic mass is 16.3. The quantitative estimate of drug-likeness (QED) is 0.907. The van der Waals surface area contributed by atoms with Crippen molar-refractivity contribution in [1.29, 1.82) is 0 Å². The fourth-order valence-corrected chi connectivity index (χ4v) is 2.04. The molecule has 0 spiro atoms. The maximum absolute atomic E-state index is 12.5. The van der Waals surface area contributed by atoms with Crippen molar-refractivity contribution in [1.82, 2.24) is 0 Å². The van der Waals surface area contributed by atoms with Crippen LogP contribution in [0.2, 0.25) is 0 Å². The zero-order valence-corrected chi connectivity index (χ0v) is 11.3. The third-order valence-corrected chi connectivity index (χ3v) is 3.49. The number of hydrogen-bond acceptors (Lipinski definition) is 2. The number of carbonyl (C=O) groups is 1. The summed E-state index contributed by atoms with van der Waals surface area (Å²) in [5.74, 6) is 0.392. The van der Waals surface area contributed by atoms with Crippen molar-refractivity contribution in [3.05, 3.63) is 65.7 Å². The second kappa shape index (κ2) is 5.27. The molecule has 0 amide bonds. The molecule has 2 nitrogen and oxygen atoms in total. The normalized spacial score (nSPS) is 11.3. The van der Waals surface area contributed by atoms with Gasteiger partial charge in [0.05, 0.1) is 0 Å². The van der Waals surface area contributed by atoms with E-state index in [-0.39, 0.29) is 11.5 Å². The zero-order valence-electron chi connectivity index (χ0n) is 11.3. The van der Waals surface area contributed by atoms with Gasteiger partial charge in [0, 0.05) is 11.8 Å². The summed E-state index contributed by atoms with van der Waals surface area (Å²) in [6, 6.07) is 16.6. The van der Waals surface area contributed by atoms with Crippen molar-refractivity contribution in [2.75, 3.05) is 0 Å². The predicted molar refractivity (Wildman–Crippen MR) is 76.3 cm³/mol. The van der Waals surface area contributed by atoms with E-state index in [1.165, 1.54) is 0 Å². The molecule has 0 aliphatic heterocycles. The Morgan fingerprint density at radius 2 is 1.58 bits per heavy atom. The van der Waals surface area contributed by atoms with Gasteiger partial charge in [-0.15, -0.1) is 0 Å². The topological polar surface area (TPSA) is 37.3 Å². The summed E-state index contributed by atoms with van der Waals surface area (Å²) in [6.07, 6.45) is 0.377. The van der Waals surface area contributed by atoms with E-state index in [4.69, 9.17) is 0 Å². The van der Waals surface area contributed by atoms with Crippen LogP contribution in [0, 0.1) is 0 Å². The van der Waals surface area contributed by atoms with E-state index >= 15 is 0 Å². The van der Waals surface area contributed by atoms with Gasteiger partial charge in [-0.05, 0) is 37.1 Å². The maximum Gasteiger partial charge on any atom is 0.147 e. The van der Waals surface area contributed by atoms with Crippen LogP contribution in [0.15, 0.2) is 54.6 Å². The monoisotopic (exact) mass is 254 g/mol. The second-order valence-corrected chi connectivity index (χ2v) is 5.26. The van der Waals surface area contributed by atoms with E-state index in [9.17, 15) is 9.90 Å². The van der Waals surface area contributed by atoms with Gasteiger partial charge in [0.1, 0.15) is 11.5 Å². The average molecular weight is 254 g/mol. The molecule has 1 N–H and O–H groups in total. The molecule has 0 aromatic heterocycles. The van der Waals surface area contributed by atoms with Crippen LogP contribution >= 0.6 is 0 Å². The van der Waals surface area contributed by atoms with Crippen molar-refractivity contribution in [2.24, 2.45) is 0 Å². The highest BCUT2D eigenvalue weighted by molar-refractivity contribution is 5.91. The second-order valence-electron chi connectivity index (χ2n) is 5.26. The first-order valence-corrected chi connectivity index (χ1v) is 6.37. The molecular formula is C17H18O2. The molecule has 19 heavy (non-hydrogen) atoms. The molecule has 98 valence electrons. The van der Waals surface area contributed by atoms with Crippen molar-refractivity contribution in [3.63, 3.8) is 0 Å². The first-order valence-electron chi connectivity index (χ1n) is 6.37. The predicted octanol–water partition coefficient (Wildman–Crippen LogP) is 3.48. The summed E-state index contributed by atoms with van der Waals surface area (Å²) in [5.41, 5.74) is 1.45. The Morgan fingerprint density at radius 3 is 2.16 bits per heavy atom. The van der Waals surface area contributed by atoms with E-state index < -0.39 is 5.41 Å². The molecule has 2 aromatic carbocycles. The molecule has 0 fully saturated rings. The Morgan fingerprint density at radius 1 is 1.00 bits per heavy atom. The first kappa shape index (κ1) is 13.3. The fraction of sp³-hybridized carbons (Fsp3) is 0.235. The minimum Gasteiger partial charge on any atom is -0.508 e. The lowest BCUT2D eigenvalue weighted by Gasteiger charge is -2.23. The summed E-state index contributed by atoms with van der Waals surface area (Å²) in [7, 11) is 0. The molecule has 0 atom stereocenters.